The van der Waals surface area contributed by atoms with E-state index in [1.165, 1.54) is 15.9 Å². The summed E-state index contributed by atoms with van der Waals surface area (Å²) in [6.07, 6.45) is 1.69. The first kappa shape index (κ1) is 14.3. The van der Waals surface area contributed by atoms with Gasteiger partial charge in [-0.3, -0.25) is 14.3 Å². The summed E-state index contributed by atoms with van der Waals surface area (Å²) in [7, 11) is 0. The summed E-state index contributed by atoms with van der Waals surface area (Å²) in [5, 5.41) is 5.63. The molecule has 2 rings (SSSR count). The Balaban J connectivity index is 2.32. The van der Waals surface area contributed by atoms with Crippen LogP contribution in [0.2, 0.25) is 0 Å². The Bertz CT molecular complexity index is 687. The van der Waals surface area contributed by atoms with Crippen molar-refractivity contribution >= 4 is 22.8 Å². The molecular weight excluding hydrogens is 278 g/mol. The molecule has 0 fully saturated rings. The van der Waals surface area contributed by atoms with E-state index < -0.39 is 11.2 Å². The van der Waals surface area contributed by atoms with Crippen LogP contribution in [0.1, 0.15) is 18.9 Å². The molecule has 0 amide bonds. The van der Waals surface area contributed by atoms with Gasteiger partial charge in [0.2, 0.25) is 0 Å². The van der Waals surface area contributed by atoms with Gasteiger partial charge < -0.3 is 11.1 Å². The molecule has 20 heavy (non-hydrogen) atoms. The average molecular weight is 295 g/mol. The molecule has 108 valence electrons. The van der Waals surface area contributed by atoms with E-state index in [2.05, 4.69) is 15.3 Å². The number of thiazole rings is 1. The fraction of sp³-hybridized carbons (Fsp3) is 0.417. The van der Waals surface area contributed by atoms with Gasteiger partial charge in [0.25, 0.3) is 5.56 Å². The van der Waals surface area contributed by atoms with Gasteiger partial charge in [-0.1, -0.05) is 13.8 Å². The van der Waals surface area contributed by atoms with Crippen LogP contribution in [0.4, 0.5) is 11.5 Å². The van der Waals surface area contributed by atoms with Gasteiger partial charge in [-0.05, 0) is 5.92 Å². The van der Waals surface area contributed by atoms with E-state index in [1.54, 1.807) is 6.20 Å². The summed E-state index contributed by atoms with van der Waals surface area (Å²) in [6, 6.07) is 0. The summed E-state index contributed by atoms with van der Waals surface area (Å²) < 4.78 is 1.37. The number of aromatic amines is 1. The van der Waals surface area contributed by atoms with Crippen molar-refractivity contribution in [3.05, 3.63) is 37.4 Å². The van der Waals surface area contributed by atoms with Crippen LogP contribution >= 0.6 is 11.3 Å². The van der Waals surface area contributed by atoms with Crippen LogP contribution < -0.4 is 22.3 Å². The highest BCUT2D eigenvalue weighted by molar-refractivity contribution is 7.09. The Morgan fingerprint density at radius 3 is 2.85 bits per heavy atom. The van der Waals surface area contributed by atoms with Gasteiger partial charge in [-0.25, -0.2) is 9.78 Å². The van der Waals surface area contributed by atoms with E-state index in [4.69, 9.17) is 5.73 Å². The maximum absolute atomic E-state index is 11.8. The van der Waals surface area contributed by atoms with E-state index in [0.717, 1.165) is 5.01 Å². The standard InChI is InChI=1S/C12H17N5O2S/c1-7(2)6-17-10(13)9(11(18)16-12(17)19)15-5-8-14-3-4-20-8/h3-4,7,15H,5-6,13H2,1-2H3,(H,16,18,19). The lowest BCUT2D eigenvalue weighted by molar-refractivity contribution is 0.508. The molecule has 4 N–H and O–H groups in total. The second kappa shape index (κ2) is 5.91. The maximum Gasteiger partial charge on any atom is 0.330 e. The molecule has 0 aromatic carbocycles. The highest BCUT2D eigenvalue weighted by Crippen LogP contribution is 2.14. The summed E-state index contributed by atoms with van der Waals surface area (Å²) in [4.78, 5) is 30.0. The number of nitrogens with zero attached hydrogens (tertiary/aromatic N) is 2. The quantitative estimate of drug-likeness (QED) is 0.758. The molecule has 0 unspecified atom stereocenters. The first-order valence-electron chi connectivity index (χ1n) is 6.24. The zero-order chi connectivity index (χ0) is 14.7. The normalized spacial score (nSPS) is 10.9. The number of nitrogens with one attached hydrogen (secondary N) is 2. The van der Waals surface area contributed by atoms with Crippen molar-refractivity contribution in [2.45, 2.75) is 26.9 Å². The number of hydrogen-bond acceptors (Lipinski definition) is 6. The van der Waals surface area contributed by atoms with Gasteiger partial charge in [0.15, 0.2) is 0 Å². The van der Waals surface area contributed by atoms with Crippen LogP contribution in [0, 0.1) is 5.92 Å². The summed E-state index contributed by atoms with van der Waals surface area (Å²) >= 11 is 1.48. The topological polar surface area (TPSA) is 106 Å². The third-order valence-electron chi connectivity index (χ3n) is 2.69. The molecule has 0 aliphatic carbocycles. The minimum absolute atomic E-state index is 0.156. The molecule has 2 heterocycles. The number of aromatic nitrogens is 3. The van der Waals surface area contributed by atoms with Crippen molar-refractivity contribution in [2.24, 2.45) is 5.92 Å². The molecule has 2 aromatic heterocycles. The molecular formula is C12H17N5O2S. The van der Waals surface area contributed by atoms with Gasteiger partial charge >= 0.3 is 5.69 Å². The lowest BCUT2D eigenvalue weighted by Gasteiger charge is -2.14. The van der Waals surface area contributed by atoms with Crippen LogP contribution in [0.15, 0.2) is 21.2 Å². The van der Waals surface area contributed by atoms with Gasteiger partial charge in [0.1, 0.15) is 16.5 Å². The van der Waals surface area contributed by atoms with Crippen molar-refractivity contribution in [1.82, 2.24) is 14.5 Å². The Morgan fingerprint density at radius 2 is 2.25 bits per heavy atom. The third-order valence-corrected chi connectivity index (χ3v) is 3.47. The molecule has 0 spiro atoms. The first-order chi connectivity index (χ1) is 9.49. The van der Waals surface area contributed by atoms with Crippen LogP contribution in [0.25, 0.3) is 0 Å². The van der Waals surface area contributed by atoms with Crippen molar-refractivity contribution < 1.29 is 0 Å². The van der Waals surface area contributed by atoms with E-state index in [1.807, 2.05) is 19.2 Å². The van der Waals surface area contributed by atoms with Crippen molar-refractivity contribution in [2.75, 3.05) is 11.1 Å². The molecule has 0 aliphatic rings. The van der Waals surface area contributed by atoms with Crippen LogP contribution in [0.3, 0.4) is 0 Å². The SMILES string of the molecule is CC(C)Cn1c(N)c(NCc2nccs2)c(=O)[nH]c1=O. The summed E-state index contributed by atoms with van der Waals surface area (Å²) in [6.45, 7) is 4.79. The summed E-state index contributed by atoms with van der Waals surface area (Å²) in [5.41, 5.74) is 5.15. The Morgan fingerprint density at radius 1 is 1.50 bits per heavy atom. The number of anilines is 2. The first-order valence-corrected chi connectivity index (χ1v) is 7.12. The number of nitrogens with two attached hydrogens (primary N) is 1. The largest absolute Gasteiger partial charge is 0.383 e. The molecule has 8 heteroatoms. The van der Waals surface area contributed by atoms with E-state index in [0.29, 0.717) is 13.1 Å². The zero-order valence-corrected chi connectivity index (χ0v) is 12.2. The number of hydrogen-bond donors (Lipinski definition) is 3. The van der Waals surface area contributed by atoms with Crippen LogP contribution in [0.5, 0.6) is 0 Å². The minimum Gasteiger partial charge on any atom is -0.383 e. The third kappa shape index (κ3) is 3.08. The van der Waals surface area contributed by atoms with E-state index in [9.17, 15) is 9.59 Å². The molecule has 0 saturated carbocycles. The van der Waals surface area contributed by atoms with Crippen molar-refractivity contribution in [3.63, 3.8) is 0 Å². The molecule has 0 bridgehead atoms. The molecule has 0 radical (unpaired) electrons. The zero-order valence-electron chi connectivity index (χ0n) is 11.3. The number of rotatable bonds is 5. The fourth-order valence-electron chi connectivity index (χ4n) is 1.81. The monoisotopic (exact) mass is 295 g/mol. The van der Waals surface area contributed by atoms with E-state index in [-0.39, 0.29) is 17.4 Å². The Hall–Kier alpha value is -2.09. The second-order valence-corrected chi connectivity index (χ2v) is 5.78. The second-order valence-electron chi connectivity index (χ2n) is 4.80. The summed E-state index contributed by atoms with van der Waals surface area (Å²) in [5.74, 6) is 0.400. The number of H-pyrrole nitrogens is 1. The van der Waals surface area contributed by atoms with Gasteiger partial charge in [-0.15, -0.1) is 11.3 Å². The lowest BCUT2D eigenvalue weighted by Crippen LogP contribution is -2.35. The predicted molar refractivity (Wildman–Crippen MR) is 80.0 cm³/mol. The molecule has 2 aromatic rings. The lowest BCUT2D eigenvalue weighted by atomic mass is 10.2. The highest BCUT2D eigenvalue weighted by atomic mass is 32.1. The molecule has 7 nitrogen and oxygen atoms in total. The van der Waals surface area contributed by atoms with Crippen LogP contribution in [-0.4, -0.2) is 14.5 Å². The minimum atomic E-state index is -0.510. The fourth-order valence-corrected chi connectivity index (χ4v) is 2.37. The number of nitrogen functional groups attached to an aromatic ring is 1. The van der Waals surface area contributed by atoms with E-state index >= 15 is 0 Å². The van der Waals surface area contributed by atoms with Gasteiger partial charge in [-0.2, -0.15) is 0 Å². The Labute approximate surface area is 119 Å². The predicted octanol–water partition coefficient (Wildman–Crippen LogP) is 0.843. The average Bonchev–Trinajstić information content (AvgIpc) is 2.87. The molecule has 0 saturated heterocycles. The molecule has 0 atom stereocenters. The van der Waals surface area contributed by atoms with Gasteiger partial charge in [0, 0.05) is 18.1 Å². The highest BCUT2D eigenvalue weighted by Gasteiger charge is 2.13. The van der Waals surface area contributed by atoms with Crippen LogP contribution in [-0.2, 0) is 13.1 Å². The molecule has 0 aliphatic heterocycles. The Kier molecular flexibility index (Phi) is 4.23. The smallest absolute Gasteiger partial charge is 0.330 e. The maximum atomic E-state index is 11.8. The van der Waals surface area contributed by atoms with Crippen molar-refractivity contribution in [1.29, 1.82) is 0 Å². The van der Waals surface area contributed by atoms with Crippen molar-refractivity contribution in [3.8, 4) is 0 Å². The van der Waals surface area contributed by atoms with Gasteiger partial charge in [0.05, 0.1) is 6.54 Å².